The number of ether oxygens (including phenoxy) is 5. The predicted molar refractivity (Wildman–Crippen MR) is 164 cm³/mol. The SMILES string of the molecule is CCCCCCCCCCOc1ccc(C(=O)Oc2ccc(OC(=O)OC3CCN(C(=O)OCCCC)CC3)cc2)cc1. The second-order valence-electron chi connectivity index (χ2n) is 10.8. The van der Waals surface area contributed by atoms with E-state index in [1.165, 1.54) is 57.1 Å². The number of carbonyl (C=O) groups is 3. The molecule has 0 unspecified atom stereocenters. The Morgan fingerprint density at radius 2 is 1.23 bits per heavy atom. The molecule has 0 atom stereocenters. The summed E-state index contributed by atoms with van der Waals surface area (Å²) in [7, 11) is 0. The molecule has 0 bridgehead atoms. The summed E-state index contributed by atoms with van der Waals surface area (Å²) < 4.78 is 27.2. The lowest BCUT2D eigenvalue weighted by molar-refractivity contribution is 0.0217. The van der Waals surface area contributed by atoms with Gasteiger partial charge in [-0.25, -0.2) is 14.4 Å². The molecule has 0 spiro atoms. The van der Waals surface area contributed by atoms with Gasteiger partial charge in [0.15, 0.2) is 0 Å². The van der Waals surface area contributed by atoms with E-state index in [0.717, 1.165) is 25.0 Å². The van der Waals surface area contributed by atoms with Crippen molar-refractivity contribution in [1.82, 2.24) is 4.90 Å². The van der Waals surface area contributed by atoms with Gasteiger partial charge in [0.25, 0.3) is 0 Å². The topological polar surface area (TPSA) is 101 Å². The first-order valence-electron chi connectivity index (χ1n) is 15.8. The Labute approximate surface area is 255 Å². The van der Waals surface area contributed by atoms with Gasteiger partial charge in [-0.1, -0.05) is 65.2 Å². The van der Waals surface area contributed by atoms with Crippen molar-refractivity contribution in [1.29, 1.82) is 0 Å². The molecule has 1 saturated heterocycles. The van der Waals surface area contributed by atoms with Crippen molar-refractivity contribution in [2.24, 2.45) is 0 Å². The number of likely N-dealkylation sites (tertiary alicyclic amines) is 1. The highest BCUT2D eigenvalue weighted by Gasteiger charge is 2.26. The zero-order chi connectivity index (χ0) is 30.7. The van der Waals surface area contributed by atoms with Crippen LogP contribution in [0.1, 0.15) is 101 Å². The van der Waals surface area contributed by atoms with E-state index < -0.39 is 12.1 Å². The van der Waals surface area contributed by atoms with Gasteiger partial charge in [0.1, 0.15) is 23.4 Å². The fourth-order valence-corrected chi connectivity index (χ4v) is 4.66. The molecule has 1 fully saturated rings. The fraction of sp³-hybridized carbons (Fsp3) is 0.559. The summed E-state index contributed by atoms with van der Waals surface area (Å²) in [6.07, 6.45) is 11.3. The summed E-state index contributed by atoms with van der Waals surface area (Å²) in [5.74, 6) is 0.810. The zero-order valence-corrected chi connectivity index (χ0v) is 25.7. The van der Waals surface area contributed by atoms with Crippen molar-refractivity contribution >= 4 is 18.2 Å². The first-order chi connectivity index (χ1) is 21.0. The van der Waals surface area contributed by atoms with E-state index in [9.17, 15) is 14.4 Å². The number of unbranched alkanes of at least 4 members (excludes halogenated alkanes) is 8. The maximum Gasteiger partial charge on any atom is 0.514 e. The third kappa shape index (κ3) is 13.0. The van der Waals surface area contributed by atoms with Crippen LogP contribution in [0, 0.1) is 0 Å². The van der Waals surface area contributed by atoms with Crippen LogP contribution < -0.4 is 14.2 Å². The highest BCUT2D eigenvalue weighted by Crippen LogP contribution is 2.22. The Morgan fingerprint density at radius 1 is 0.674 bits per heavy atom. The lowest BCUT2D eigenvalue weighted by Crippen LogP contribution is -2.42. The Balaban J connectivity index is 1.32. The summed E-state index contributed by atoms with van der Waals surface area (Å²) in [5.41, 5.74) is 0.406. The number of amides is 1. The quantitative estimate of drug-likeness (QED) is 0.0776. The molecule has 1 aliphatic rings. The van der Waals surface area contributed by atoms with Crippen molar-refractivity contribution in [2.75, 3.05) is 26.3 Å². The molecule has 236 valence electrons. The number of hydrogen-bond donors (Lipinski definition) is 0. The van der Waals surface area contributed by atoms with Gasteiger partial charge in [-0.15, -0.1) is 0 Å². The molecule has 9 heteroatoms. The Kier molecular flexibility index (Phi) is 15.3. The number of rotatable bonds is 17. The van der Waals surface area contributed by atoms with Crippen LogP contribution in [0.5, 0.6) is 17.2 Å². The number of esters is 1. The van der Waals surface area contributed by atoms with Crippen LogP contribution in [0.25, 0.3) is 0 Å². The van der Waals surface area contributed by atoms with Gasteiger partial charge in [-0.05, 0) is 61.4 Å². The first-order valence-corrected chi connectivity index (χ1v) is 15.8. The van der Waals surface area contributed by atoms with Gasteiger partial charge in [-0.2, -0.15) is 0 Å². The van der Waals surface area contributed by atoms with Gasteiger partial charge in [0.2, 0.25) is 0 Å². The van der Waals surface area contributed by atoms with E-state index in [0.29, 0.717) is 50.5 Å². The summed E-state index contributed by atoms with van der Waals surface area (Å²) in [4.78, 5) is 38.5. The Morgan fingerprint density at radius 3 is 1.86 bits per heavy atom. The normalized spacial score (nSPS) is 13.3. The molecule has 1 amide bonds. The third-order valence-corrected chi connectivity index (χ3v) is 7.28. The van der Waals surface area contributed by atoms with E-state index >= 15 is 0 Å². The van der Waals surface area contributed by atoms with Crippen LogP contribution >= 0.6 is 0 Å². The minimum atomic E-state index is -0.821. The number of carbonyl (C=O) groups excluding carboxylic acids is 3. The molecule has 2 aromatic rings. The molecule has 0 radical (unpaired) electrons. The van der Waals surface area contributed by atoms with E-state index in [-0.39, 0.29) is 17.9 Å². The molecule has 43 heavy (non-hydrogen) atoms. The number of hydrogen-bond acceptors (Lipinski definition) is 8. The summed E-state index contributed by atoms with van der Waals surface area (Å²) >= 11 is 0. The van der Waals surface area contributed by atoms with Crippen LogP contribution in [-0.2, 0) is 9.47 Å². The maximum absolute atomic E-state index is 12.6. The number of nitrogens with zero attached hydrogens (tertiary/aromatic N) is 1. The average molecular weight is 598 g/mol. The van der Waals surface area contributed by atoms with E-state index in [2.05, 4.69) is 6.92 Å². The van der Waals surface area contributed by atoms with E-state index in [1.54, 1.807) is 41.3 Å². The fourth-order valence-electron chi connectivity index (χ4n) is 4.66. The first kappa shape index (κ1) is 33.7. The monoisotopic (exact) mass is 597 g/mol. The minimum Gasteiger partial charge on any atom is -0.494 e. The zero-order valence-electron chi connectivity index (χ0n) is 25.7. The van der Waals surface area contributed by atoms with Crippen molar-refractivity contribution in [2.45, 2.75) is 97.0 Å². The van der Waals surface area contributed by atoms with Crippen LogP contribution in [0.3, 0.4) is 0 Å². The lowest BCUT2D eigenvalue weighted by Gasteiger charge is -2.30. The van der Waals surface area contributed by atoms with Gasteiger partial charge in [0, 0.05) is 25.9 Å². The van der Waals surface area contributed by atoms with Gasteiger partial charge in [-0.3, -0.25) is 0 Å². The lowest BCUT2D eigenvalue weighted by atomic mass is 10.1. The smallest absolute Gasteiger partial charge is 0.494 e. The molecule has 1 aliphatic heterocycles. The highest BCUT2D eigenvalue weighted by atomic mass is 16.7. The Bertz CT molecular complexity index is 1090. The van der Waals surface area contributed by atoms with Gasteiger partial charge in [0.05, 0.1) is 18.8 Å². The summed E-state index contributed by atoms with van der Waals surface area (Å²) in [6, 6.07) is 13.0. The van der Waals surface area contributed by atoms with Crippen molar-refractivity contribution in [3.63, 3.8) is 0 Å². The highest BCUT2D eigenvalue weighted by molar-refractivity contribution is 5.91. The van der Waals surface area contributed by atoms with Gasteiger partial charge >= 0.3 is 18.2 Å². The number of piperidine rings is 1. The van der Waals surface area contributed by atoms with Crippen molar-refractivity contribution < 1.29 is 38.1 Å². The second-order valence-corrected chi connectivity index (χ2v) is 10.8. The molecule has 0 aromatic heterocycles. The molecule has 0 aliphatic carbocycles. The number of benzene rings is 2. The van der Waals surface area contributed by atoms with Crippen LogP contribution in [0.15, 0.2) is 48.5 Å². The molecule has 3 rings (SSSR count). The maximum atomic E-state index is 12.6. The molecular formula is C34H47NO8. The molecule has 1 heterocycles. The van der Waals surface area contributed by atoms with E-state index in [1.807, 2.05) is 6.92 Å². The van der Waals surface area contributed by atoms with Crippen LogP contribution in [0.4, 0.5) is 9.59 Å². The molecule has 2 aromatic carbocycles. The molecule has 9 nitrogen and oxygen atoms in total. The largest absolute Gasteiger partial charge is 0.514 e. The molecular weight excluding hydrogens is 550 g/mol. The van der Waals surface area contributed by atoms with Crippen molar-refractivity contribution in [3.8, 4) is 17.2 Å². The summed E-state index contributed by atoms with van der Waals surface area (Å²) in [5, 5.41) is 0. The average Bonchev–Trinajstić information content (AvgIpc) is 3.02. The predicted octanol–water partition coefficient (Wildman–Crippen LogP) is 8.34. The second kappa shape index (κ2) is 19.4. The third-order valence-electron chi connectivity index (χ3n) is 7.28. The standard InChI is InChI=1S/C34H47NO8/c1-3-5-7-8-9-10-11-12-26-39-28-15-13-27(14-16-28)32(36)41-29-17-19-30(20-18-29)42-34(38)43-31-21-23-35(24-22-31)33(37)40-25-6-4-2/h13-20,31H,3-12,21-26H2,1-2H3. The van der Waals surface area contributed by atoms with Gasteiger partial charge < -0.3 is 28.6 Å². The molecule has 0 saturated carbocycles. The van der Waals surface area contributed by atoms with Crippen LogP contribution in [0.2, 0.25) is 0 Å². The Hall–Kier alpha value is -3.75. The minimum absolute atomic E-state index is 0.264. The molecule has 0 N–H and O–H groups in total. The summed E-state index contributed by atoms with van der Waals surface area (Å²) in [6.45, 7) is 6.26. The van der Waals surface area contributed by atoms with Crippen LogP contribution in [-0.4, -0.2) is 55.5 Å². The van der Waals surface area contributed by atoms with Crippen molar-refractivity contribution in [3.05, 3.63) is 54.1 Å². The van der Waals surface area contributed by atoms with E-state index in [4.69, 9.17) is 23.7 Å².